The molecule has 1 aromatic carbocycles. The van der Waals surface area contributed by atoms with E-state index >= 15 is 0 Å². The van der Waals surface area contributed by atoms with Crippen LogP contribution in [-0.2, 0) is 6.54 Å². The summed E-state index contributed by atoms with van der Waals surface area (Å²) in [5, 5.41) is 2.99. The lowest BCUT2D eigenvalue weighted by Crippen LogP contribution is -2.37. The van der Waals surface area contributed by atoms with Gasteiger partial charge in [-0.1, -0.05) is 6.07 Å². The molecule has 0 amide bonds. The first-order valence-corrected chi connectivity index (χ1v) is 8.34. The Balaban J connectivity index is 1.79. The van der Waals surface area contributed by atoms with Gasteiger partial charge < -0.3 is 20.5 Å². The van der Waals surface area contributed by atoms with Crippen LogP contribution in [-0.4, -0.2) is 57.4 Å². The Morgan fingerprint density at radius 2 is 2.04 bits per heavy atom. The SMILES string of the molecule is COc1ccc(CN=C(N)NCC2CCN(CC(F)(F)F)C2)cc1OC. The van der Waals surface area contributed by atoms with E-state index in [0.29, 0.717) is 44.1 Å². The maximum absolute atomic E-state index is 12.4. The van der Waals surface area contributed by atoms with Crippen LogP contribution < -0.4 is 20.5 Å². The molecule has 1 unspecified atom stereocenters. The number of hydrogen-bond acceptors (Lipinski definition) is 4. The Morgan fingerprint density at radius 3 is 2.69 bits per heavy atom. The zero-order valence-electron chi connectivity index (χ0n) is 15.0. The lowest BCUT2D eigenvalue weighted by molar-refractivity contribution is -0.143. The van der Waals surface area contributed by atoms with Gasteiger partial charge in [-0.2, -0.15) is 13.2 Å². The average Bonchev–Trinajstić information content (AvgIpc) is 3.03. The maximum atomic E-state index is 12.4. The Labute approximate surface area is 151 Å². The summed E-state index contributed by atoms with van der Waals surface area (Å²) in [6.07, 6.45) is -3.44. The van der Waals surface area contributed by atoms with Crippen LogP contribution in [0.3, 0.4) is 0 Å². The van der Waals surface area contributed by atoms with Crippen LogP contribution in [0.4, 0.5) is 13.2 Å². The van der Waals surface area contributed by atoms with E-state index in [2.05, 4.69) is 10.3 Å². The standard InChI is InChI=1S/C17H25F3N4O2/c1-25-14-4-3-12(7-15(14)26-2)8-22-16(21)23-9-13-5-6-24(10-13)11-17(18,19)20/h3-4,7,13H,5-6,8-11H2,1-2H3,(H3,21,22,23). The smallest absolute Gasteiger partial charge is 0.401 e. The Kier molecular flexibility index (Phi) is 6.96. The molecular formula is C17H25F3N4O2. The van der Waals surface area contributed by atoms with E-state index < -0.39 is 12.7 Å². The van der Waals surface area contributed by atoms with Gasteiger partial charge in [0, 0.05) is 13.1 Å². The highest BCUT2D eigenvalue weighted by Gasteiger charge is 2.34. The molecule has 0 aliphatic carbocycles. The molecule has 0 saturated carbocycles. The highest BCUT2D eigenvalue weighted by Crippen LogP contribution is 2.27. The molecule has 6 nitrogen and oxygen atoms in total. The molecule has 1 fully saturated rings. The molecule has 2 rings (SSSR count). The largest absolute Gasteiger partial charge is 0.493 e. The number of nitrogens with one attached hydrogen (secondary N) is 1. The van der Waals surface area contributed by atoms with E-state index in [1.165, 1.54) is 4.90 Å². The Morgan fingerprint density at radius 1 is 1.31 bits per heavy atom. The third-order valence-corrected chi connectivity index (χ3v) is 4.22. The van der Waals surface area contributed by atoms with E-state index in [0.717, 1.165) is 5.56 Å². The Bertz CT molecular complexity index is 623. The second-order valence-electron chi connectivity index (χ2n) is 6.28. The van der Waals surface area contributed by atoms with Crippen LogP contribution in [0.1, 0.15) is 12.0 Å². The molecule has 146 valence electrons. The summed E-state index contributed by atoms with van der Waals surface area (Å²) in [6.45, 7) is 0.885. The average molecular weight is 374 g/mol. The molecule has 0 radical (unpaired) electrons. The predicted octanol–water partition coefficient (Wildman–Crippen LogP) is 1.99. The number of benzene rings is 1. The van der Waals surface area contributed by atoms with Crippen molar-refractivity contribution in [3.05, 3.63) is 23.8 Å². The van der Waals surface area contributed by atoms with Crippen molar-refractivity contribution in [3.63, 3.8) is 0 Å². The van der Waals surface area contributed by atoms with Crippen molar-refractivity contribution >= 4 is 5.96 Å². The molecular weight excluding hydrogens is 349 g/mol. The maximum Gasteiger partial charge on any atom is 0.401 e. The number of halogens is 3. The van der Waals surface area contributed by atoms with Gasteiger partial charge in [0.1, 0.15) is 0 Å². The molecule has 0 aromatic heterocycles. The summed E-state index contributed by atoms with van der Waals surface area (Å²) in [5.74, 6) is 1.65. The molecule has 1 saturated heterocycles. The van der Waals surface area contributed by atoms with Crippen molar-refractivity contribution in [3.8, 4) is 11.5 Å². The van der Waals surface area contributed by atoms with Crippen molar-refractivity contribution in [2.45, 2.75) is 19.1 Å². The highest BCUT2D eigenvalue weighted by molar-refractivity contribution is 5.77. The van der Waals surface area contributed by atoms with Gasteiger partial charge in [0.2, 0.25) is 0 Å². The third kappa shape index (κ3) is 6.29. The van der Waals surface area contributed by atoms with Crippen molar-refractivity contribution < 1.29 is 22.6 Å². The molecule has 1 heterocycles. The van der Waals surface area contributed by atoms with Crippen LogP contribution in [0.5, 0.6) is 11.5 Å². The van der Waals surface area contributed by atoms with E-state index in [4.69, 9.17) is 15.2 Å². The molecule has 1 atom stereocenters. The summed E-state index contributed by atoms with van der Waals surface area (Å²) < 4.78 is 47.6. The lowest BCUT2D eigenvalue weighted by atomic mass is 10.1. The van der Waals surface area contributed by atoms with Crippen molar-refractivity contribution in [2.75, 3.05) is 40.4 Å². The quantitative estimate of drug-likeness (QED) is 0.564. The number of nitrogens with two attached hydrogens (primary N) is 1. The molecule has 1 aliphatic rings. The number of ether oxygens (including phenoxy) is 2. The van der Waals surface area contributed by atoms with Gasteiger partial charge >= 0.3 is 6.18 Å². The zero-order valence-corrected chi connectivity index (χ0v) is 15.0. The number of rotatable bonds is 7. The Hall–Kier alpha value is -2.16. The minimum atomic E-state index is -4.15. The number of aliphatic imine (C=N–C) groups is 1. The van der Waals surface area contributed by atoms with Crippen LogP contribution in [0.2, 0.25) is 0 Å². The van der Waals surface area contributed by atoms with E-state index in [9.17, 15) is 13.2 Å². The highest BCUT2D eigenvalue weighted by atomic mass is 19.4. The second-order valence-corrected chi connectivity index (χ2v) is 6.28. The molecule has 1 aromatic rings. The summed E-state index contributed by atoms with van der Waals surface area (Å²) in [6, 6.07) is 5.48. The number of guanidine groups is 1. The molecule has 26 heavy (non-hydrogen) atoms. The molecule has 3 N–H and O–H groups in total. The van der Waals surface area contributed by atoms with Crippen LogP contribution in [0, 0.1) is 5.92 Å². The zero-order chi connectivity index (χ0) is 19.2. The van der Waals surface area contributed by atoms with Crippen LogP contribution >= 0.6 is 0 Å². The number of hydrogen-bond donors (Lipinski definition) is 2. The van der Waals surface area contributed by atoms with E-state index in [-0.39, 0.29) is 11.9 Å². The van der Waals surface area contributed by atoms with Gasteiger partial charge in [-0.05, 0) is 36.6 Å². The minimum absolute atomic E-state index is 0.132. The molecule has 9 heteroatoms. The molecule has 1 aliphatic heterocycles. The fraction of sp³-hybridized carbons (Fsp3) is 0.588. The summed E-state index contributed by atoms with van der Waals surface area (Å²) in [5.41, 5.74) is 6.76. The first-order valence-electron chi connectivity index (χ1n) is 8.34. The first-order chi connectivity index (χ1) is 12.3. The fourth-order valence-corrected chi connectivity index (χ4v) is 2.94. The van der Waals surface area contributed by atoms with Crippen molar-refractivity contribution in [1.82, 2.24) is 10.2 Å². The first kappa shape index (κ1) is 20.2. The molecule has 0 spiro atoms. The number of nitrogens with zero attached hydrogens (tertiary/aromatic N) is 2. The van der Waals surface area contributed by atoms with Gasteiger partial charge in [0.15, 0.2) is 17.5 Å². The van der Waals surface area contributed by atoms with E-state index in [1.807, 2.05) is 12.1 Å². The fourth-order valence-electron chi connectivity index (χ4n) is 2.94. The van der Waals surface area contributed by atoms with Crippen molar-refractivity contribution in [1.29, 1.82) is 0 Å². The summed E-state index contributed by atoms with van der Waals surface area (Å²) >= 11 is 0. The number of methoxy groups -OCH3 is 2. The second kappa shape index (κ2) is 8.98. The van der Waals surface area contributed by atoms with Gasteiger partial charge in [-0.3, -0.25) is 4.90 Å². The van der Waals surface area contributed by atoms with Gasteiger partial charge in [0.25, 0.3) is 0 Å². The van der Waals surface area contributed by atoms with Crippen LogP contribution in [0.15, 0.2) is 23.2 Å². The van der Waals surface area contributed by atoms with Crippen molar-refractivity contribution in [2.24, 2.45) is 16.6 Å². The lowest BCUT2D eigenvalue weighted by Gasteiger charge is -2.18. The molecule has 0 bridgehead atoms. The number of likely N-dealkylation sites (tertiary alicyclic amines) is 1. The minimum Gasteiger partial charge on any atom is -0.493 e. The topological polar surface area (TPSA) is 72.1 Å². The monoisotopic (exact) mass is 374 g/mol. The van der Waals surface area contributed by atoms with Gasteiger partial charge in [0.05, 0.1) is 27.3 Å². The summed E-state index contributed by atoms with van der Waals surface area (Å²) in [4.78, 5) is 5.68. The van der Waals surface area contributed by atoms with E-state index in [1.54, 1.807) is 20.3 Å². The third-order valence-electron chi connectivity index (χ3n) is 4.22. The van der Waals surface area contributed by atoms with Crippen LogP contribution in [0.25, 0.3) is 0 Å². The van der Waals surface area contributed by atoms with Gasteiger partial charge in [-0.15, -0.1) is 0 Å². The normalized spacial score (nSPS) is 18.8. The summed E-state index contributed by atoms with van der Waals surface area (Å²) in [7, 11) is 3.13. The van der Waals surface area contributed by atoms with Gasteiger partial charge in [-0.25, -0.2) is 4.99 Å². The number of alkyl halides is 3. The predicted molar refractivity (Wildman–Crippen MR) is 93.5 cm³/mol.